The van der Waals surface area contributed by atoms with Gasteiger partial charge in [0.25, 0.3) is 5.56 Å². The van der Waals surface area contributed by atoms with Gasteiger partial charge >= 0.3 is 0 Å². The van der Waals surface area contributed by atoms with Gasteiger partial charge < -0.3 is 4.90 Å². The fourth-order valence-electron chi connectivity index (χ4n) is 3.83. The minimum absolute atomic E-state index is 0.00274. The normalized spacial score (nSPS) is 14.2. The minimum Gasteiger partial charge on any atom is -0.301 e. The summed E-state index contributed by atoms with van der Waals surface area (Å²) in [5.74, 6) is 0.592. The standard InChI is InChI=1S/C23H19Cl2N3OS2/c1-27-10-9-17-19(12-27)31-21-20(17)22(29)28(16-5-3-2-4-6-16)23(26-21)30-13-14-7-8-15(24)11-18(14)25/h2-8,11H,9-10,12-13H2,1H3. The molecule has 8 heteroatoms. The topological polar surface area (TPSA) is 38.1 Å². The molecule has 2 aromatic heterocycles. The molecule has 1 aliphatic heterocycles. The van der Waals surface area contributed by atoms with E-state index in [2.05, 4.69) is 11.9 Å². The second-order valence-corrected chi connectivity index (χ2v) is 10.4. The van der Waals surface area contributed by atoms with Crippen LogP contribution in [0.3, 0.4) is 0 Å². The number of thioether (sulfide) groups is 1. The molecule has 0 saturated carbocycles. The Morgan fingerprint density at radius 3 is 2.74 bits per heavy atom. The molecule has 158 valence electrons. The van der Waals surface area contributed by atoms with Crippen LogP contribution in [0.4, 0.5) is 0 Å². The van der Waals surface area contributed by atoms with Gasteiger partial charge in [0.15, 0.2) is 5.16 Å². The van der Waals surface area contributed by atoms with E-state index in [4.69, 9.17) is 28.2 Å². The lowest BCUT2D eigenvalue weighted by Gasteiger charge is -2.21. The molecule has 0 saturated heterocycles. The summed E-state index contributed by atoms with van der Waals surface area (Å²) in [6.45, 7) is 1.82. The van der Waals surface area contributed by atoms with Gasteiger partial charge in [0.05, 0.1) is 11.1 Å². The lowest BCUT2D eigenvalue weighted by Crippen LogP contribution is -2.27. The highest BCUT2D eigenvalue weighted by Crippen LogP contribution is 2.35. The van der Waals surface area contributed by atoms with Crippen molar-refractivity contribution in [2.45, 2.75) is 23.9 Å². The van der Waals surface area contributed by atoms with E-state index >= 15 is 0 Å². The molecule has 31 heavy (non-hydrogen) atoms. The van der Waals surface area contributed by atoms with Crippen molar-refractivity contribution in [2.75, 3.05) is 13.6 Å². The number of likely N-dealkylation sites (N-methyl/N-ethyl adjacent to an activating group) is 1. The summed E-state index contributed by atoms with van der Waals surface area (Å²) in [5.41, 5.74) is 2.94. The van der Waals surface area contributed by atoms with Crippen LogP contribution >= 0.6 is 46.3 Å². The van der Waals surface area contributed by atoms with Gasteiger partial charge in [0.1, 0.15) is 4.83 Å². The average molecular weight is 488 g/mol. The average Bonchev–Trinajstić information content (AvgIpc) is 3.11. The van der Waals surface area contributed by atoms with Gasteiger partial charge in [-0.2, -0.15) is 0 Å². The number of benzene rings is 2. The molecule has 0 spiro atoms. The van der Waals surface area contributed by atoms with E-state index in [1.54, 1.807) is 22.0 Å². The molecule has 0 radical (unpaired) electrons. The first-order valence-electron chi connectivity index (χ1n) is 9.89. The molecule has 4 aromatic rings. The second-order valence-electron chi connectivity index (χ2n) is 7.57. The van der Waals surface area contributed by atoms with E-state index in [-0.39, 0.29) is 5.56 Å². The number of nitrogens with zero attached hydrogens (tertiary/aromatic N) is 3. The van der Waals surface area contributed by atoms with Crippen molar-refractivity contribution >= 4 is 56.5 Å². The predicted octanol–water partition coefficient (Wildman–Crippen LogP) is 6.03. The van der Waals surface area contributed by atoms with E-state index in [0.717, 1.165) is 46.5 Å². The fourth-order valence-corrected chi connectivity index (χ4v) is 6.75. The minimum atomic E-state index is 0.00274. The zero-order valence-corrected chi connectivity index (χ0v) is 19.9. The summed E-state index contributed by atoms with van der Waals surface area (Å²) in [5, 5.41) is 2.66. The maximum absolute atomic E-state index is 13.7. The number of thiophene rings is 1. The molecule has 0 aliphatic carbocycles. The number of fused-ring (bicyclic) bond motifs is 3. The van der Waals surface area contributed by atoms with Gasteiger partial charge in [0, 0.05) is 33.8 Å². The third kappa shape index (κ3) is 4.03. The van der Waals surface area contributed by atoms with Crippen LogP contribution in [0.2, 0.25) is 10.0 Å². The molecular formula is C23H19Cl2N3OS2. The van der Waals surface area contributed by atoms with Gasteiger partial charge in [0.2, 0.25) is 0 Å². The van der Waals surface area contributed by atoms with Crippen LogP contribution < -0.4 is 5.56 Å². The lowest BCUT2D eigenvalue weighted by molar-refractivity contribution is 0.318. The Balaban J connectivity index is 1.64. The molecule has 0 amide bonds. The van der Waals surface area contributed by atoms with E-state index in [1.165, 1.54) is 16.6 Å². The number of hydrogen-bond donors (Lipinski definition) is 0. The van der Waals surface area contributed by atoms with Gasteiger partial charge in [-0.1, -0.05) is 59.2 Å². The Morgan fingerprint density at radius 1 is 1.16 bits per heavy atom. The quantitative estimate of drug-likeness (QED) is 0.260. The van der Waals surface area contributed by atoms with Gasteiger partial charge in [-0.3, -0.25) is 9.36 Å². The monoisotopic (exact) mass is 487 g/mol. The van der Waals surface area contributed by atoms with Crippen LogP contribution in [0.5, 0.6) is 0 Å². The molecular weight excluding hydrogens is 469 g/mol. The molecule has 3 heterocycles. The molecule has 4 nitrogen and oxygen atoms in total. The summed E-state index contributed by atoms with van der Waals surface area (Å²) >= 11 is 15.6. The number of para-hydroxylation sites is 1. The van der Waals surface area contributed by atoms with E-state index < -0.39 is 0 Å². The maximum atomic E-state index is 13.7. The Bertz CT molecular complexity index is 1330. The third-order valence-electron chi connectivity index (χ3n) is 5.42. The predicted molar refractivity (Wildman–Crippen MR) is 131 cm³/mol. The second kappa shape index (κ2) is 8.60. The van der Waals surface area contributed by atoms with Gasteiger partial charge in [-0.25, -0.2) is 4.98 Å². The highest BCUT2D eigenvalue weighted by molar-refractivity contribution is 7.98. The molecule has 0 N–H and O–H groups in total. The summed E-state index contributed by atoms with van der Waals surface area (Å²) in [6.07, 6.45) is 0.879. The zero-order chi connectivity index (χ0) is 21.5. The summed E-state index contributed by atoms with van der Waals surface area (Å²) in [7, 11) is 2.11. The van der Waals surface area contributed by atoms with Crippen LogP contribution in [0.25, 0.3) is 15.9 Å². The third-order valence-corrected chi connectivity index (χ3v) is 8.11. The molecule has 0 bridgehead atoms. The van der Waals surface area contributed by atoms with Crippen molar-refractivity contribution in [3.8, 4) is 5.69 Å². The fraction of sp³-hybridized carbons (Fsp3) is 0.217. The Morgan fingerprint density at radius 2 is 1.97 bits per heavy atom. The lowest BCUT2D eigenvalue weighted by atomic mass is 10.1. The number of aromatic nitrogens is 2. The Kier molecular flexibility index (Phi) is 5.84. The van der Waals surface area contributed by atoms with Crippen LogP contribution in [-0.2, 0) is 18.7 Å². The smallest absolute Gasteiger partial charge is 0.267 e. The zero-order valence-electron chi connectivity index (χ0n) is 16.8. The van der Waals surface area contributed by atoms with Crippen LogP contribution in [-0.4, -0.2) is 28.0 Å². The first kappa shape index (κ1) is 21.0. The first-order valence-corrected chi connectivity index (χ1v) is 12.4. The number of halogens is 2. The van der Waals surface area contributed by atoms with Crippen molar-refractivity contribution in [3.05, 3.63) is 84.9 Å². The Labute approximate surface area is 198 Å². The number of rotatable bonds is 4. The molecule has 2 aromatic carbocycles. The molecule has 1 aliphatic rings. The molecule has 0 atom stereocenters. The van der Waals surface area contributed by atoms with Crippen LogP contribution in [0.15, 0.2) is 58.5 Å². The van der Waals surface area contributed by atoms with Crippen molar-refractivity contribution in [2.24, 2.45) is 0 Å². The van der Waals surface area contributed by atoms with E-state index in [9.17, 15) is 4.79 Å². The van der Waals surface area contributed by atoms with Crippen LogP contribution in [0, 0.1) is 0 Å². The number of hydrogen-bond acceptors (Lipinski definition) is 5. The van der Waals surface area contributed by atoms with E-state index in [0.29, 0.717) is 21.0 Å². The van der Waals surface area contributed by atoms with Crippen molar-refractivity contribution in [3.63, 3.8) is 0 Å². The highest BCUT2D eigenvalue weighted by atomic mass is 35.5. The molecule has 0 fully saturated rings. The highest BCUT2D eigenvalue weighted by Gasteiger charge is 2.24. The summed E-state index contributed by atoms with van der Waals surface area (Å²) < 4.78 is 1.74. The first-order chi connectivity index (χ1) is 15.0. The van der Waals surface area contributed by atoms with Crippen molar-refractivity contribution in [1.82, 2.24) is 14.5 Å². The van der Waals surface area contributed by atoms with Gasteiger partial charge in [-0.15, -0.1) is 11.3 Å². The molecule has 0 unspecified atom stereocenters. The van der Waals surface area contributed by atoms with Crippen molar-refractivity contribution < 1.29 is 0 Å². The Hall–Kier alpha value is -1.83. The van der Waals surface area contributed by atoms with Crippen LogP contribution in [0.1, 0.15) is 16.0 Å². The van der Waals surface area contributed by atoms with E-state index in [1.807, 2.05) is 42.5 Å². The van der Waals surface area contributed by atoms with Crippen molar-refractivity contribution in [1.29, 1.82) is 0 Å². The largest absolute Gasteiger partial charge is 0.301 e. The molecule has 5 rings (SSSR count). The van der Waals surface area contributed by atoms with Gasteiger partial charge in [-0.05, 0) is 48.9 Å². The SMILES string of the molecule is CN1CCc2c(sc3nc(SCc4ccc(Cl)cc4Cl)n(-c4ccccc4)c(=O)c23)C1. The summed E-state index contributed by atoms with van der Waals surface area (Å²) in [4.78, 5) is 23.1. The summed E-state index contributed by atoms with van der Waals surface area (Å²) in [6, 6.07) is 15.2. The maximum Gasteiger partial charge on any atom is 0.267 e.